The third kappa shape index (κ3) is 2.36. The number of amides is 1. The van der Waals surface area contributed by atoms with Crippen molar-refractivity contribution in [2.24, 2.45) is 28.6 Å². The van der Waals surface area contributed by atoms with Gasteiger partial charge in [-0.15, -0.1) is 0 Å². The molecule has 4 nitrogen and oxygen atoms in total. The van der Waals surface area contributed by atoms with Gasteiger partial charge in [0.1, 0.15) is 0 Å². The van der Waals surface area contributed by atoms with Crippen molar-refractivity contribution in [2.45, 2.75) is 71.8 Å². The summed E-state index contributed by atoms with van der Waals surface area (Å²) in [6.45, 7) is 6.08. The van der Waals surface area contributed by atoms with Crippen LogP contribution in [-0.4, -0.2) is 23.5 Å². The number of Topliss-reactive ketones (excluding diaryl/α,β-unsaturated/α-hetero) is 1. The van der Waals surface area contributed by atoms with Crippen molar-refractivity contribution in [3.05, 3.63) is 11.6 Å². The standard InChI is InChI=1S/C21H29NO3/c1-12(23)22-19-18(25)11-17-15-5-4-13-10-14(24)6-8-20(13,2)16(15)7-9-21(17,19)3/h10,15-17,19H,4-9,11H2,1-3H3,(H,22,23)/t15-,16-,17+,19-,20-,21+/m1/s1. The van der Waals surface area contributed by atoms with E-state index in [1.165, 1.54) is 12.5 Å². The average Bonchev–Trinajstić information content (AvgIpc) is 2.79. The fraction of sp³-hybridized carbons (Fsp3) is 0.762. The Morgan fingerprint density at radius 1 is 1.12 bits per heavy atom. The van der Waals surface area contributed by atoms with Gasteiger partial charge in [0, 0.05) is 19.8 Å². The van der Waals surface area contributed by atoms with Crippen LogP contribution >= 0.6 is 0 Å². The zero-order valence-corrected chi connectivity index (χ0v) is 15.6. The quantitative estimate of drug-likeness (QED) is 0.795. The molecular weight excluding hydrogens is 314 g/mol. The molecule has 0 bridgehead atoms. The molecule has 0 aromatic carbocycles. The van der Waals surface area contributed by atoms with Crippen molar-refractivity contribution >= 4 is 17.5 Å². The number of hydrogen-bond acceptors (Lipinski definition) is 3. The monoisotopic (exact) mass is 343 g/mol. The highest BCUT2D eigenvalue weighted by Crippen LogP contribution is 2.64. The third-order valence-corrected chi connectivity index (χ3v) is 8.15. The Morgan fingerprint density at radius 2 is 1.88 bits per heavy atom. The van der Waals surface area contributed by atoms with Crippen LogP contribution in [0, 0.1) is 28.6 Å². The molecule has 4 aliphatic carbocycles. The minimum absolute atomic E-state index is 0.103. The Labute approximate surface area is 149 Å². The minimum Gasteiger partial charge on any atom is -0.346 e. The van der Waals surface area contributed by atoms with E-state index in [0.717, 1.165) is 32.1 Å². The summed E-state index contributed by atoms with van der Waals surface area (Å²) in [4.78, 5) is 36.2. The van der Waals surface area contributed by atoms with Gasteiger partial charge < -0.3 is 5.32 Å². The van der Waals surface area contributed by atoms with Crippen LogP contribution in [0.4, 0.5) is 0 Å². The zero-order valence-electron chi connectivity index (χ0n) is 15.6. The van der Waals surface area contributed by atoms with Crippen LogP contribution in [0.5, 0.6) is 0 Å². The summed E-state index contributed by atoms with van der Waals surface area (Å²) >= 11 is 0. The summed E-state index contributed by atoms with van der Waals surface area (Å²) in [6, 6.07) is -0.311. The molecule has 6 atom stereocenters. The van der Waals surface area contributed by atoms with Crippen molar-refractivity contribution in [3.8, 4) is 0 Å². The molecule has 3 saturated carbocycles. The molecule has 0 heterocycles. The number of fused-ring (bicyclic) bond motifs is 5. The molecule has 0 radical (unpaired) electrons. The second-order valence-electron chi connectivity index (χ2n) is 9.32. The van der Waals surface area contributed by atoms with Gasteiger partial charge in [-0.25, -0.2) is 0 Å². The fourth-order valence-electron chi connectivity index (χ4n) is 6.80. The molecule has 3 fully saturated rings. The second-order valence-corrected chi connectivity index (χ2v) is 9.32. The van der Waals surface area contributed by atoms with Crippen LogP contribution in [0.2, 0.25) is 0 Å². The number of hydrogen-bond donors (Lipinski definition) is 1. The molecule has 0 unspecified atom stereocenters. The summed E-state index contributed by atoms with van der Waals surface area (Å²) < 4.78 is 0. The smallest absolute Gasteiger partial charge is 0.217 e. The van der Waals surface area contributed by atoms with E-state index in [1.807, 2.05) is 6.08 Å². The summed E-state index contributed by atoms with van der Waals surface area (Å²) in [7, 11) is 0. The van der Waals surface area contributed by atoms with E-state index in [0.29, 0.717) is 30.6 Å². The number of allylic oxidation sites excluding steroid dienone is 1. The lowest BCUT2D eigenvalue weighted by molar-refractivity contribution is -0.127. The third-order valence-electron chi connectivity index (χ3n) is 8.15. The van der Waals surface area contributed by atoms with E-state index < -0.39 is 0 Å². The predicted octanol–water partition coefficient (Wildman–Crippen LogP) is 3.20. The van der Waals surface area contributed by atoms with E-state index in [1.54, 1.807) is 0 Å². The largest absolute Gasteiger partial charge is 0.346 e. The first-order valence-electron chi connectivity index (χ1n) is 9.79. The van der Waals surface area contributed by atoms with Crippen molar-refractivity contribution in [1.29, 1.82) is 0 Å². The second kappa shape index (κ2) is 5.52. The van der Waals surface area contributed by atoms with Gasteiger partial charge in [0.05, 0.1) is 6.04 Å². The zero-order chi connectivity index (χ0) is 18.0. The van der Waals surface area contributed by atoms with Gasteiger partial charge in [-0.3, -0.25) is 14.4 Å². The van der Waals surface area contributed by atoms with E-state index in [9.17, 15) is 14.4 Å². The van der Waals surface area contributed by atoms with Gasteiger partial charge in [-0.1, -0.05) is 19.4 Å². The summed E-state index contributed by atoms with van der Waals surface area (Å²) in [6.07, 6.45) is 8.33. The van der Waals surface area contributed by atoms with Crippen molar-refractivity contribution in [2.75, 3.05) is 0 Å². The maximum absolute atomic E-state index is 12.7. The van der Waals surface area contributed by atoms with Crippen LogP contribution in [0.1, 0.15) is 65.7 Å². The Balaban J connectivity index is 1.66. The number of rotatable bonds is 1. The molecule has 1 amide bonds. The van der Waals surface area contributed by atoms with Crippen LogP contribution in [0.3, 0.4) is 0 Å². The first-order chi connectivity index (χ1) is 11.8. The maximum Gasteiger partial charge on any atom is 0.217 e. The van der Waals surface area contributed by atoms with E-state index >= 15 is 0 Å². The highest BCUT2D eigenvalue weighted by molar-refractivity contribution is 5.92. The lowest BCUT2D eigenvalue weighted by atomic mass is 9.47. The molecule has 136 valence electrons. The first-order valence-corrected chi connectivity index (χ1v) is 9.79. The average molecular weight is 343 g/mol. The van der Waals surface area contributed by atoms with Crippen molar-refractivity contribution in [3.63, 3.8) is 0 Å². The van der Waals surface area contributed by atoms with Crippen molar-refractivity contribution in [1.82, 2.24) is 5.32 Å². The van der Waals surface area contributed by atoms with Crippen LogP contribution in [-0.2, 0) is 14.4 Å². The number of carbonyl (C=O) groups is 3. The first kappa shape index (κ1) is 17.0. The van der Waals surface area contributed by atoms with Gasteiger partial charge >= 0.3 is 0 Å². The molecule has 0 spiro atoms. The molecule has 0 aromatic heterocycles. The topological polar surface area (TPSA) is 63.2 Å². The van der Waals surface area contributed by atoms with Gasteiger partial charge in [-0.2, -0.15) is 0 Å². The Hall–Kier alpha value is -1.45. The Bertz CT molecular complexity index is 681. The Morgan fingerprint density at radius 3 is 2.60 bits per heavy atom. The van der Waals surface area contributed by atoms with E-state index in [-0.39, 0.29) is 34.3 Å². The minimum atomic E-state index is -0.311. The van der Waals surface area contributed by atoms with E-state index in [2.05, 4.69) is 19.2 Å². The van der Waals surface area contributed by atoms with Gasteiger partial charge in [-0.05, 0) is 66.8 Å². The highest BCUT2D eigenvalue weighted by Gasteiger charge is 2.61. The molecular formula is C21H29NO3. The summed E-state index contributed by atoms with van der Waals surface area (Å²) in [5.74, 6) is 1.88. The van der Waals surface area contributed by atoms with Crippen LogP contribution in [0.25, 0.3) is 0 Å². The highest BCUT2D eigenvalue weighted by atomic mass is 16.2. The normalized spacial score (nSPS) is 46.0. The molecule has 4 heteroatoms. The van der Waals surface area contributed by atoms with Gasteiger partial charge in [0.2, 0.25) is 5.91 Å². The predicted molar refractivity (Wildman–Crippen MR) is 94.7 cm³/mol. The molecule has 1 N–H and O–H groups in total. The Kier molecular flexibility index (Phi) is 3.75. The maximum atomic E-state index is 12.7. The lowest BCUT2D eigenvalue weighted by Crippen LogP contribution is -2.54. The number of ketones is 2. The lowest BCUT2D eigenvalue weighted by Gasteiger charge is -2.57. The van der Waals surface area contributed by atoms with Gasteiger partial charge in [0.15, 0.2) is 11.6 Å². The van der Waals surface area contributed by atoms with Gasteiger partial charge in [0.25, 0.3) is 0 Å². The SMILES string of the molecule is CC(=O)N[C@@H]1C(=O)C[C@H]2[C@@H]3CCC4=CC(=O)CC[C@@]4(C)[C@@H]3CC[C@]12C. The summed E-state index contributed by atoms with van der Waals surface area (Å²) in [5.41, 5.74) is 1.38. The van der Waals surface area contributed by atoms with E-state index in [4.69, 9.17) is 0 Å². The van der Waals surface area contributed by atoms with Crippen molar-refractivity contribution < 1.29 is 14.4 Å². The molecule has 4 rings (SSSR count). The molecule has 4 aliphatic rings. The number of nitrogens with one attached hydrogen (secondary N) is 1. The molecule has 25 heavy (non-hydrogen) atoms. The molecule has 0 aromatic rings. The molecule has 0 saturated heterocycles. The van der Waals surface area contributed by atoms with Crippen LogP contribution < -0.4 is 5.32 Å². The van der Waals surface area contributed by atoms with Crippen LogP contribution in [0.15, 0.2) is 11.6 Å². The number of carbonyl (C=O) groups excluding carboxylic acids is 3. The fourth-order valence-corrected chi connectivity index (χ4v) is 6.80. The molecule has 0 aliphatic heterocycles. The summed E-state index contributed by atoms with van der Waals surface area (Å²) in [5, 5.41) is 2.95.